The number of hydrogen-bond donors (Lipinski definition) is 1. The summed E-state index contributed by atoms with van der Waals surface area (Å²) in [6.07, 6.45) is 3.81. The van der Waals surface area contributed by atoms with Gasteiger partial charge in [-0.05, 0) is 46.8 Å². The van der Waals surface area contributed by atoms with Crippen LogP contribution in [-0.4, -0.2) is 68.3 Å². The lowest BCUT2D eigenvalue weighted by Gasteiger charge is -2.44. The van der Waals surface area contributed by atoms with Crippen molar-refractivity contribution in [1.82, 2.24) is 9.80 Å². The summed E-state index contributed by atoms with van der Waals surface area (Å²) >= 11 is 0. The smallest absolute Gasteiger partial charge is 0.0513 e. The molecule has 2 fully saturated rings. The Hall–Kier alpha value is -0.160. The predicted octanol–water partition coefficient (Wildman–Crippen LogP) is 0.766. The van der Waals surface area contributed by atoms with Crippen LogP contribution in [0, 0.1) is 5.92 Å². The molecule has 3 unspecified atom stereocenters. The Morgan fingerprint density at radius 1 is 1.44 bits per heavy atom. The summed E-state index contributed by atoms with van der Waals surface area (Å²) in [6.45, 7) is 7.16. The lowest BCUT2D eigenvalue weighted by Crippen LogP contribution is -2.57. The van der Waals surface area contributed by atoms with E-state index in [1.54, 1.807) is 0 Å². The maximum absolute atomic E-state index is 6.09. The standard InChI is InChI=1S/C14H29N3O/c1-14(11-15,12-6-8-18-10-12)17(3)9-13-5-4-7-16(13)2/h12-13H,4-11,15H2,1-3H3. The number of nitrogens with two attached hydrogens (primary N) is 1. The quantitative estimate of drug-likeness (QED) is 0.788. The first-order valence-electron chi connectivity index (χ1n) is 7.27. The van der Waals surface area contributed by atoms with Gasteiger partial charge in [-0.15, -0.1) is 0 Å². The molecule has 0 saturated carbocycles. The summed E-state index contributed by atoms with van der Waals surface area (Å²) in [5, 5.41) is 0. The molecule has 2 N–H and O–H groups in total. The highest BCUT2D eigenvalue weighted by Crippen LogP contribution is 2.31. The van der Waals surface area contributed by atoms with Crippen LogP contribution in [0.3, 0.4) is 0 Å². The molecule has 0 amide bonds. The molecule has 0 aromatic heterocycles. The minimum atomic E-state index is 0.0833. The average Bonchev–Trinajstić information content (AvgIpc) is 3.01. The molecular formula is C14H29N3O. The van der Waals surface area contributed by atoms with Gasteiger partial charge in [0.25, 0.3) is 0 Å². The first-order chi connectivity index (χ1) is 8.58. The summed E-state index contributed by atoms with van der Waals surface area (Å²) in [5.41, 5.74) is 6.17. The summed E-state index contributed by atoms with van der Waals surface area (Å²) in [7, 11) is 4.47. The monoisotopic (exact) mass is 255 g/mol. The van der Waals surface area contributed by atoms with E-state index in [-0.39, 0.29) is 5.54 Å². The van der Waals surface area contributed by atoms with Gasteiger partial charge in [0.05, 0.1) is 6.61 Å². The number of likely N-dealkylation sites (tertiary alicyclic amines) is 1. The van der Waals surface area contributed by atoms with Crippen molar-refractivity contribution in [2.45, 2.75) is 37.8 Å². The highest BCUT2D eigenvalue weighted by Gasteiger charge is 2.40. The van der Waals surface area contributed by atoms with Crippen molar-refractivity contribution in [3.05, 3.63) is 0 Å². The van der Waals surface area contributed by atoms with E-state index in [1.165, 1.54) is 19.4 Å². The Kier molecular flexibility index (Phi) is 4.64. The highest BCUT2D eigenvalue weighted by atomic mass is 16.5. The normalized spacial score (nSPS) is 33.2. The Morgan fingerprint density at radius 2 is 2.22 bits per heavy atom. The zero-order chi connectivity index (χ0) is 13.2. The third kappa shape index (κ3) is 2.72. The zero-order valence-corrected chi connectivity index (χ0v) is 12.2. The predicted molar refractivity (Wildman–Crippen MR) is 74.7 cm³/mol. The molecular weight excluding hydrogens is 226 g/mol. The fourth-order valence-corrected chi connectivity index (χ4v) is 3.39. The van der Waals surface area contributed by atoms with E-state index in [4.69, 9.17) is 10.5 Å². The minimum Gasteiger partial charge on any atom is -0.381 e. The van der Waals surface area contributed by atoms with Gasteiger partial charge >= 0.3 is 0 Å². The Labute approximate surface area is 111 Å². The van der Waals surface area contributed by atoms with Gasteiger partial charge in [-0.2, -0.15) is 0 Å². The topological polar surface area (TPSA) is 41.7 Å². The molecule has 18 heavy (non-hydrogen) atoms. The van der Waals surface area contributed by atoms with Gasteiger partial charge < -0.3 is 15.4 Å². The molecule has 0 spiro atoms. The van der Waals surface area contributed by atoms with Gasteiger partial charge in [0.1, 0.15) is 0 Å². The zero-order valence-electron chi connectivity index (χ0n) is 12.2. The highest BCUT2D eigenvalue weighted by molar-refractivity contribution is 4.96. The van der Waals surface area contributed by atoms with Crippen molar-refractivity contribution in [3.8, 4) is 0 Å². The molecule has 2 rings (SSSR count). The third-order valence-electron chi connectivity index (χ3n) is 5.25. The van der Waals surface area contributed by atoms with Crippen molar-refractivity contribution in [3.63, 3.8) is 0 Å². The summed E-state index contributed by atoms with van der Waals surface area (Å²) in [4.78, 5) is 4.97. The van der Waals surface area contributed by atoms with E-state index in [2.05, 4.69) is 30.8 Å². The molecule has 0 radical (unpaired) electrons. The van der Waals surface area contributed by atoms with E-state index >= 15 is 0 Å². The maximum atomic E-state index is 6.09. The van der Waals surface area contributed by atoms with Gasteiger partial charge in [0.15, 0.2) is 0 Å². The van der Waals surface area contributed by atoms with Crippen LogP contribution in [0.1, 0.15) is 26.2 Å². The van der Waals surface area contributed by atoms with Crippen molar-refractivity contribution >= 4 is 0 Å². The summed E-state index contributed by atoms with van der Waals surface area (Å²) < 4.78 is 5.55. The van der Waals surface area contributed by atoms with E-state index in [1.807, 2.05) is 0 Å². The van der Waals surface area contributed by atoms with Crippen LogP contribution in [0.5, 0.6) is 0 Å². The van der Waals surface area contributed by atoms with Crippen LogP contribution in [0.25, 0.3) is 0 Å². The second-order valence-electron chi connectivity index (χ2n) is 6.28. The summed E-state index contributed by atoms with van der Waals surface area (Å²) in [5.74, 6) is 0.583. The molecule has 4 heteroatoms. The molecule has 2 aliphatic heterocycles. The van der Waals surface area contributed by atoms with E-state index in [9.17, 15) is 0 Å². The molecule has 0 aromatic rings. The molecule has 4 nitrogen and oxygen atoms in total. The summed E-state index contributed by atoms with van der Waals surface area (Å²) in [6, 6.07) is 0.697. The van der Waals surface area contributed by atoms with E-state index in [0.717, 1.165) is 26.2 Å². The minimum absolute atomic E-state index is 0.0833. The molecule has 0 aliphatic carbocycles. The molecule has 3 atom stereocenters. The first kappa shape index (κ1) is 14.3. The van der Waals surface area contributed by atoms with Crippen molar-refractivity contribution in [2.24, 2.45) is 11.7 Å². The third-order valence-corrected chi connectivity index (χ3v) is 5.25. The second-order valence-corrected chi connectivity index (χ2v) is 6.28. The van der Waals surface area contributed by atoms with Gasteiger partial charge in [0, 0.05) is 37.2 Å². The Balaban J connectivity index is 1.97. The van der Waals surface area contributed by atoms with Crippen molar-refractivity contribution in [1.29, 1.82) is 0 Å². The van der Waals surface area contributed by atoms with Crippen molar-refractivity contribution in [2.75, 3.05) is 46.9 Å². The van der Waals surface area contributed by atoms with Crippen LogP contribution in [0.4, 0.5) is 0 Å². The Morgan fingerprint density at radius 3 is 2.72 bits per heavy atom. The molecule has 0 bridgehead atoms. The van der Waals surface area contributed by atoms with Crippen molar-refractivity contribution < 1.29 is 4.74 Å². The second kappa shape index (κ2) is 5.87. The molecule has 2 saturated heterocycles. The largest absolute Gasteiger partial charge is 0.381 e. The molecule has 2 heterocycles. The molecule has 2 aliphatic rings. The Bertz CT molecular complexity index is 268. The van der Waals surface area contributed by atoms with Crippen LogP contribution >= 0.6 is 0 Å². The fraction of sp³-hybridized carbons (Fsp3) is 1.00. The molecule has 0 aromatic carbocycles. The maximum Gasteiger partial charge on any atom is 0.0513 e. The average molecular weight is 255 g/mol. The number of rotatable bonds is 5. The molecule has 106 valence electrons. The van der Waals surface area contributed by atoms with Gasteiger partial charge in [-0.3, -0.25) is 4.90 Å². The van der Waals surface area contributed by atoms with Crippen LogP contribution in [-0.2, 0) is 4.74 Å². The van der Waals surface area contributed by atoms with Crippen LogP contribution < -0.4 is 5.73 Å². The number of likely N-dealkylation sites (N-methyl/N-ethyl adjacent to an activating group) is 2. The van der Waals surface area contributed by atoms with Gasteiger partial charge in [0.2, 0.25) is 0 Å². The number of hydrogen-bond acceptors (Lipinski definition) is 4. The number of ether oxygens (including phenoxy) is 1. The van der Waals surface area contributed by atoms with Crippen LogP contribution in [0.2, 0.25) is 0 Å². The number of nitrogens with zero attached hydrogens (tertiary/aromatic N) is 2. The van der Waals surface area contributed by atoms with E-state index < -0.39 is 0 Å². The SMILES string of the molecule is CN1CCCC1CN(C)C(C)(CN)C1CCOC1. The van der Waals surface area contributed by atoms with Crippen LogP contribution in [0.15, 0.2) is 0 Å². The lowest BCUT2D eigenvalue weighted by atomic mass is 9.83. The lowest BCUT2D eigenvalue weighted by molar-refractivity contribution is 0.0502. The van der Waals surface area contributed by atoms with E-state index in [0.29, 0.717) is 18.5 Å². The fourth-order valence-electron chi connectivity index (χ4n) is 3.39. The van der Waals surface area contributed by atoms with Gasteiger partial charge in [-0.25, -0.2) is 0 Å². The first-order valence-corrected chi connectivity index (χ1v) is 7.27. The van der Waals surface area contributed by atoms with Gasteiger partial charge in [-0.1, -0.05) is 0 Å².